The van der Waals surface area contributed by atoms with E-state index in [1.54, 1.807) is 41.0 Å². The zero-order valence-corrected chi connectivity index (χ0v) is 12.2. The number of nitrogens with zero attached hydrogens (tertiary/aromatic N) is 2. The van der Waals surface area contributed by atoms with Crippen molar-refractivity contribution in [3.63, 3.8) is 0 Å². The summed E-state index contributed by atoms with van der Waals surface area (Å²) in [7, 11) is 0. The maximum Gasteiger partial charge on any atom is 0.409 e. The first-order chi connectivity index (χ1) is 11.4. The number of alkyl halides is 3. The average Bonchev–Trinajstić information content (AvgIpc) is 2.86. The number of para-hydroxylation sites is 1. The number of hydrogen-bond acceptors (Lipinski definition) is 2. The molecule has 1 heterocycles. The lowest BCUT2D eigenvalue weighted by Crippen LogP contribution is -2.02. The van der Waals surface area contributed by atoms with Gasteiger partial charge < -0.3 is 9.67 Å². The van der Waals surface area contributed by atoms with Gasteiger partial charge in [-0.05, 0) is 36.4 Å². The monoisotopic (exact) mass is 328 g/mol. The fraction of sp³-hybridized carbons (Fsp3) is 0.0556. The predicted octanol–water partition coefficient (Wildman–Crippen LogP) is 4.78. The van der Waals surface area contributed by atoms with Gasteiger partial charge in [0.1, 0.15) is 11.8 Å². The van der Waals surface area contributed by atoms with E-state index < -0.39 is 6.18 Å². The summed E-state index contributed by atoms with van der Waals surface area (Å²) in [5.74, 6) is 0.0445. The fourth-order valence-electron chi connectivity index (χ4n) is 2.59. The summed E-state index contributed by atoms with van der Waals surface area (Å²) in [6.07, 6.45) is -3.48. The highest BCUT2D eigenvalue weighted by Gasteiger charge is 2.24. The third-order valence-corrected chi connectivity index (χ3v) is 3.56. The molecule has 0 unspecified atom stereocenters. The second-order valence-electron chi connectivity index (χ2n) is 5.12. The first-order valence-corrected chi connectivity index (χ1v) is 6.99. The number of halogens is 3. The van der Waals surface area contributed by atoms with Crippen molar-refractivity contribution in [3.8, 4) is 17.5 Å². The molecular formula is C18H11F3N2O. The lowest BCUT2D eigenvalue weighted by Gasteiger charge is -2.09. The molecule has 0 aliphatic carbocycles. The minimum atomic E-state index is -4.48. The van der Waals surface area contributed by atoms with Crippen LogP contribution in [0.25, 0.3) is 22.7 Å². The van der Waals surface area contributed by atoms with Gasteiger partial charge in [0.2, 0.25) is 0 Å². The van der Waals surface area contributed by atoms with Crippen LogP contribution in [0.15, 0.2) is 54.6 Å². The molecule has 1 aromatic heterocycles. The van der Waals surface area contributed by atoms with Crippen molar-refractivity contribution in [1.29, 1.82) is 5.26 Å². The lowest BCUT2D eigenvalue weighted by atomic mass is 10.1. The van der Waals surface area contributed by atoms with Crippen molar-refractivity contribution >= 4 is 17.0 Å². The van der Waals surface area contributed by atoms with Gasteiger partial charge in [0, 0.05) is 17.1 Å². The van der Waals surface area contributed by atoms with Crippen molar-refractivity contribution in [2.24, 2.45) is 0 Å². The maximum absolute atomic E-state index is 12.6. The number of aromatic hydroxyl groups is 1. The van der Waals surface area contributed by atoms with Gasteiger partial charge >= 0.3 is 6.18 Å². The maximum atomic E-state index is 12.6. The van der Waals surface area contributed by atoms with Gasteiger partial charge in [0.15, 0.2) is 0 Å². The summed E-state index contributed by atoms with van der Waals surface area (Å²) in [4.78, 5) is 0. The van der Waals surface area contributed by atoms with E-state index in [1.807, 2.05) is 6.07 Å². The molecule has 0 atom stereocenters. The van der Waals surface area contributed by atoms with Gasteiger partial charge in [0.05, 0.1) is 16.8 Å². The van der Waals surface area contributed by atoms with E-state index in [0.717, 1.165) is 6.08 Å². The van der Waals surface area contributed by atoms with Crippen LogP contribution in [-0.4, -0.2) is 15.8 Å². The van der Waals surface area contributed by atoms with Crippen molar-refractivity contribution in [2.75, 3.05) is 0 Å². The average molecular weight is 328 g/mol. The number of aromatic nitrogens is 1. The van der Waals surface area contributed by atoms with E-state index in [4.69, 9.17) is 0 Å². The lowest BCUT2D eigenvalue weighted by molar-refractivity contribution is -0.0790. The van der Waals surface area contributed by atoms with Crippen molar-refractivity contribution in [2.45, 2.75) is 6.18 Å². The molecule has 3 nitrogen and oxygen atoms in total. The molecule has 0 radical (unpaired) electrons. The van der Waals surface area contributed by atoms with E-state index in [2.05, 4.69) is 0 Å². The zero-order chi connectivity index (χ0) is 17.3. The molecule has 120 valence electrons. The van der Waals surface area contributed by atoms with E-state index in [-0.39, 0.29) is 23.1 Å². The highest BCUT2D eigenvalue weighted by molar-refractivity contribution is 5.92. The van der Waals surface area contributed by atoms with Gasteiger partial charge in [-0.3, -0.25) is 0 Å². The van der Waals surface area contributed by atoms with E-state index in [0.29, 0.717) is 16.6 Å². The Balaban J connectivity index is 2.35. The molecule has 0 aliphatic heterocycles. The number of allylic oxidation sites excluding steroid dienone is 1. The highest BCUT2D eigenvalue weighted by atomic mass is 19.4. The normalized spacial score (nSPS) is 11.9. The Hall–Kier alpha value is -3.20. The molecule has 0 spiro atoms. The topological polar surface area (TPSA) is 49.0 Å². The summed E-state index contributed by atoms with van der Waals surface area (Å²) in [6, 6.07) is 14.9. The molecule has 6 heteroatoms. The van der Waals surface area contributed by atoms with Crippen molar-refractivity contribution < 1.29 is 18.3 Å². The van der Waals surface area contributed by atoms with Crippen LogP contribution < -0.4 is 0 Å². The molecular weight excluding hydrogens is 317 g/mol. The fourth-order valence-corrected chi connectivity index (χ4v) is 2.59. The number of phenols is 1. The summed E-state index contributed by atoms with van der Waals surface area (Å²) < 4.78 is 39.4. The molecule has 0 saturated carbocycles. The Bertz CT molecular complexity index is 961. The Morgan fingerprint density at radius 3 is 2.33 bits per heavy atom. The van der Waals surface area contributed by atoms with Crippen LogP contribution in [0.5, 0.6) is 5.75 Å². The molecule has 0 saturated heterocycles. The van der Waals surface area contributed by atoms with E-state index in [1.165, 1.54) is 12.1 Å². The van der Waals surface area contributed by atoms with Crippen LogP contribution in [0.1, 0.15) is 11.3 Å². The Morgan fingerprint density at radius 1 is 1.04 bits per heavy atom. The molecule has 0 fully saturated rings. The Morgan fingerprint density at radius 2 is 1.71 bits per heavy atom. The second kappa shape index (κ2) is 5.78. The van der Waals surface area contributed by atoms with Crippen molar-refractivity contribution in [1.82, 2.24) is 4.57 Å². The number of fused-ring (bicyclic) bond motifs is 1. The highest BCUT2D eigenvalue weighted by Crippen LogP contribution is 2.31. The molecule has 0 amide bonds. The van der Waals surface area contributed by atoms with Gasteiger partial charge in [-0.1, -0.05) is 18.2 Å². The Kier molecular flexibility index (Phi) is 3.78. The minimum absolute atomic E-state index is 0.0445. The summed E-state index contributed by atoms with van der Waals surface area (Å²) in [5, 5.41) is 19.4. The van der Waals surface area contributed by atoms with Crippen LogP contribution >= 0.6 is 0 Å². The van der Waals surface area contributed by atoms with Crippen LogP contribution in [0.4, 0.5) is 13.2 Å². The standard InChI is InChI=1S/C18H11F3N2O/c19-18(20,21)10-9-17-15(11-22)14-3-1-2-4-16(14)23(17)12-5-7-13(24)8-6-12/h1-10,24H. The molecule has 1 N–H and O–H groups in total. The number of hydrogen-bond donors (Lipinski definition) is 1. The molecule has 3 rings (SSSR count). The van der Waals surface area contributed by atoms with E-state index >= 15 is 0 Å². The summed E-state index contributed by atoms with van der Waals surface area (Å²) in [5.41, 5.74) is 1.47. The number of phenolic OH excluding ortho intramolecular Hbond substituents is 1. The number of benzene rings is 2. The predicted molar refractivity (Wildman–Crippen MR) is 84.7 cm³/mol. The van der Waals surface area contributed by atoms with Gasteiger partial charge in [-0.2, -0.15) is 18.4 Å². The molecule has 2 aromatic carbocycles. The second-order valence-corrected chi connectivity index (χ2v) is 5.12. The smallest absolute Gasteiger partial charge is 0.409 e. The molecule has 24 heavy (non-hydrogen) atoms. The number of rotatable bonds is 2. The first-order valence-electron chi connectivity index (χ1n) is 6.99. The zero-order valence-electron chi connectivity index (χ0n) is 12.2. The third-order valence-electron chi connectivity index (χ3n) is 3.56. The third kappa shape index (κ3) is 2.84. The van der Waals surface area contributed by atoms with Crippen molar-refractivity contribution in [3.05, 3.63) is 65.9 Å². The van der Waals surface area contributed by atoms with Crippen LogP contribution in [0.3, 0.4) is 0 Å². The number of nitriles is 1. The van der Waals surface area contributed by atoms with Crippen LogP contribution in [0.2, 0.25) is 0 Å². The SMILES string of the molecule is N#Cc1c(C=CC(F)(F)F)n(-c2ccc(O)cc2)c2ccccc12. The van der Waals surface area contributed by atoms with E-state index in [9.17, 15) is 23.5 Å². The summed E-state index contributed by atoms with van der Waals surface area (Å²) in [6.45, 7) is 0. The molecule has 0 bridgehead atoms. The molecule has 0 aliphatic rings. The first kappa shape index (κ1) is 15.7. The minimum Gasteiger partial charge on any atom is -0.508 e. The van der Waals surface area contributed by atoms with Gasteiger partial charge in [-0.25, -0.2) is 0 Å². The Labute approximate surface area is 135 Å². The molecule has 3 aromatic rings. The van der Waals surface area contributed by atoms with Gasteiger partial charge in [0.25, 0.3) is 0 Å². The van der Waals surface area contributed by atoms with Crippen LogP contribution in [0, 0.1) is 11.3 Å². The largest absolute Gasteiger partial charge is 0.508 e. The van der Waals surface area contributed by atoms with Gasteiger partial charge in [-0.15, -0.1) is 0 Å². The quantitative estimate of drug-likeness (QED) is 0.736. The van der Waals surface area contributed by atoms with Crippen LogP contribution in [-0.2, 0) is 0 Å². The summed E-state index contributed by atoms with van der Waals surface area (Å²) >= 11 is 0.